The summed E-state index contributed by atoms with van der Waals surface area (Å²) in [5.74, 6) is -0.445. The fourth-order valence-electron chi connectivity index (χ4n) is 1.03. The normalized spacial score (nSPS) is 20.9. The molecule has 20 heteroatoms. The van der Waals surface area contributed by atoms with Crippen LogP contribution in [0.5, 0.6) is 0 Å². The van der Waals surface area contributed by atoms with Crippen molar-refractivity contribution in [2.24, 2.45) is 0 Å². The van der Waals surface area contributed by atoms with Crippen molar-refractivity contribution in [3.8, 4) is 0 Å². The van der Waals surface area contributed by atoms with E-state index < -0.39 is 56.5 Å². The van der Waals surface area contributed by atoms with Crippen LogP contribution in [0.25, 0.3) is 0 Å². The van der Waals surface area contributed by atoms with E-state index in [4.69, 9.17) is 30.7 Å². The van der Waals surface area contributed by atoms with E-state index in [9.17, 15) is 32.8 Å². The minimum absolute atomic E-state index is 0. The standard InChI is InChI=1S/C7H5IO4.2CHF3O3S.H2O/c9-7-5-3-1-2-4-6(5)8(10,11)12-7;2*2-1(3,4)8(5,6)7;/h1-4H,(H,10,11);2*(H,5,6,7);1H2. The Kier molecular flexibility index (Phi) is 9.81. The van der Waals surface area contributed by atoms with E-state index in [1.807, 2.05) is 0 Å². The molecule has 0 bridgehead atoms. The summed E-state index contributed by atoms with van der Waals surface area (Å²) in [7, 11) is -12.2. The van der Waals surface area contributed by atoms with Gasteiger partial charge in [0.25, 0.3) is 0 Å². The van der Waals surface area contributed by atoms with Crippen LogP contribution in [0.1, 0.15) is 5.56 Å². The van der Waals surface area contributed by atoms with Gasteiger partial charge in [-0.1, -0.05) is 0 Å². The first-order valence-corrected chi connectivity index (χ1v) is 12.3. The van der Waals surface area contributed by atoms with Gasteiger partial charge in [0, 0.05) is 0 Å². The number of hydrogen-bond acceptors (Lipinski definition) is 8. The zero-order valence-corrected chi connectivity index (χ0v) is 16.8. The number of fused-ring (bicyclic) bond motifs is 1. The van der Waals surface area contributed by atoms with E-state index in [0.717, 1.165) is 0 Å². The third kappa shape index (κ3) is 8.83. The molecular formula is C9H9F6IO11S2. The minimum Gasteiger partial charge on any atom is -0.741 e. The molecule has 1 heterocycles. The summed E-state index contributed by atoms with van der Waals surface area (Å²) >= 11 is -4.48. The number of alkyl halides is 6. The van der Waals surface area contributed by atoms with E-state index in [2.05, 4.69) is 3.07 Å². The average Bonchev–Trinajstić information content (AvgIpc) is 2.66. The van der Waals surface area contributed by atoms with Crippen LogP contribution in [-0.4, -0.2) is 51.2 Å². The van der Waals surface area contributed by atoms with E-state index in [-0.39, 0.29) is 9.05 Å². The second-order valence-corrected chi connectivity index (χ2v) is 11.0. The van der Waals surface area contributed by atoms with Crippen LogP contribution < -0.4 is 0 Å². The van der Waals surface area contributed by atoms with E-state index in [1.54, 1.807) is 18.2 Å². The van der Waals surface area contributed by atoms with Gasteiger partial charge >= 0.3 is 84.0 Å². The monoisotopic (exact) mass is 598 g/mol. The van der Waals surface area contributed by atoms with Crippen molar-refractivity contribution >= 4 is 45.5 Å². The largest absolute Gasteiger partial charge is 0.741 e. The Labute approximate surface area is 162 Å². The molecule has 1 unspecified atom stereocenters. The molecule has 0 radical (unpaired) electrons. The summed E-state index contributed by atoms with van der Waals surface area (Å²) in [5, 5.41) is 0. The number of benzene rings is 1. The second kappa shape index (κ2) is 9.57. The molecule has 1 atom stereocenters. The van der Waals surface area contributed by atoms with Gasteiger partial charge in [0.2, 0.25) is 0 Å². The summed E-state index contributed by atoms with van der Waals surface area (Å²) in [6.45, 7) is 0. The molecule has 0 spiro atoms. The minimum atomic E-state index is -6.09. The maximum atomic E-state index is 11.3. The van der Waals surface area contributed by atoms with Crippen molar-refractivity contribution < 1.29 is 72.1 Å². The van der Waals surface area contributed by atoms with Gasteiger partial charge in [0.05, 0.1) is 0 Å². The van der Waals surface area contributed by atoms with Crippen LogP contribution in [0.4, 0.5) is 26.3 Å². The predicted molar refractivity (Wildman–Crippen MR) is 85.6 cm³/mol. The number of hydrogen-bond donors (Lipinski definition) is 1. The van der Waals surface area contributed by atoms with Gasteiger partial charge in [-0.25, -0.2) is 16.8 Å². The fraction of sp³-hybridized carbons (Fsp3) is 0.222. The van der Waals surface area contributed by atoms with E-state index in [0.29, 0.717) is 5.56 Å². The topological polar surface area (TPSA) is 215 Å². The second-order valence-electron chi connectivity index (χ2n) is 4.10. The molecule has 1 aliphatic heterocycles. The van der Waals surface area contributed by atoms with Crippen molar-refractivity contribution in [2.75, 3.05) is 0 Å². The van der Waals surface area contributed by atoms with Crippen LogP contribution in [0, 0.1) is 3.57 Å². The maximum absolute atomic E-state index is 11.3. The first kappa shape index (κ1) is 29.7. The first-order chi connectivity index (χ1) is 12.1. The molecule has 5 N–H and O–H groups in total. The molecule has 1 aliphatic rings. The molecule has 11 nitrogen and oxygen atoms in total. The first-order valence-electron chi connectivity index (χ1n) is 5.71. The SMILES string of the molecule is O=I1(O)OC(=[OH+])c2ccccc21.O=S(=O)([O-])C(F)(F)F.O=S(=O)([O-])C(F)(F)F.[OH3+]. The molecule has 2 rings (SSSR count). The molecule has 0 amide bonds. The summed E-state index contributed by atoms with van der Waals surface area (Å²) in [4.78, 5) is 9.10. The van der Waals surface area contributed by atoms with Crippen LogP contribution in [0.3, 0.4) is 0 Å². The summed E-state index contributed by atoms with van der Waals surface area (Å²) in [6.07, 6.45) is 0. The van der Waals surface area contributed by atoms with Crippen LogP contribution in [0.15, 0.2) is 24.3 Å². The van der Waals surface area contributed by atoms with Gasteiger partial charge in [-0.15, -0.1) is 0 Å². The van der Waals surface area contributed by atoms with Crippen molar-refractivity contribution in [1.29, 1.82) is 0 Å². The molecule has 29 heavy (non-hydrogen) atoms. The van der Waals surface area contributed by atoms with Crippen LogP contribution in [-0.2, 0) is 31.8 Å². The van der Waals surface area contributed by atoms with Crippen molar-refractivity contribution in [1.82, 2.24) is 0 Å². The summed E-state index contributed by atoms with van der Waals surface area (Å²) < 4.78 is 143. The van der Waals surface area contributed by atoms with Crippen molar-refractivity contribution in [3.05, 3.63) is 33.4 Å². The van der Waals surface area contributed by atoms with Gasteiger partial charge in [-0.05, 0) is 0 Å². The maximum Gasteiger partial charge on any atom is 0.485 e. The molecular weight excluding hydrogens is 589 g/mol. The van der Waals surface area contributed by atoms with E-state index in [1.165, 1.54) is 6.07 Å². The molecule has 1 aromatic carbocycles. The predicted octanol–water partition coefficient (Wildman–Crippen LogP) is 0.128. The quantitative estimate of drug-likeness (QED) is 0.141. The summed E-state index contributed by atoms with van der Waals surface area (Å²) in [6, 6.07) is 6.33. The molecule has 0 fully saturated rings. The smallest absolute Gasteiger partial charge is 0.485 e. The van der Waals surface area contributed by atoms with Gasteiger partial charge < -0.3 is 14.6 Å². The number of rotatable bonds is 0. The zero-order valence-electron chi connectivity index (χ0n) is 13.0. The Hall–Kier alpha value is -1.46. The molecule has 172 valence electrons. The Morgan fingerprint density at radius 1 is 0.931 bits per heavy atom. The molecule has 0 saturated carbocycles. The Balaban J connectivity index is 0. The van der Waals surface area contributed by atoms with Gasteiger partial charge in [0.15, 0.2) is 20.2 Å². The van der Waals surface area contributed by atoms with Gasteiger partial charge in [0.1, 0.15) is 0 Å². The van der Waals surface area contributed by atoms with Crippen molar-refractivity contribution in [3.63, 3.8) is 0 Å². The number of carbonyl (C=O) groups excluding carboxylic acids is 1. The zero-order chi connectivity index (χ0) is 22.8. The Morgan fingerprint density at radius 3 is 1.52 bits per heavy atom. The number of halogens is 7. The molecule has 0 aliphatic carbocycles. The van der Waals surface area contributed by atoms with Crippen LogP contribution in [0.2, 0.25) is 0 Å². The fourth-order valence-corrected chi connectivity index (χ4v) is 3.87. The third-order valence-corrected chi connectivity index (χ3v) is 6.66. The van der Waals surface area contributed by atoms with Crippen LogP contribution >= 0.6 is 19.3 Å². The van der Waals surface area contributed by atoms with Crippen molar-refractivity contribution in [2.45, 2.75) is 11.0 Å². The molecule has 0 saturated heterocycles. The summed E-state index contributed by atoms with van der Waals surface area (Å²) in [5.41, 5.74) is -11.0. The Bertz CT molecular complexity index is 941. The average molecular weight is 598 g/mol. The van der Waals surface area contributed by atoms with E-state index >= 15 is 0 Å². The molecule has 1 aromatic rings. The van der Waals surface area contributed by atoms with Gasteiger partial charge in [-0.2, -0.15) is 26.3 Å². The Morgan fingerprint density at radius 2 is 1.24 bits per heavy atom. The third-order valence-electron chi connectivity index (χ3n) is 2.11. The van der Waals surface area contributed by atoms with Gasteiger partial charge in [-0.3, -0.25) is 0 Å². The molecule has 0 aromatic heterocycles.